The predicted octanol–water partition coefficient (Wildman–Crippen LogP) is 3.05. The third kappa shape index (κ3) is 5.13. The molecule has 2 rings (SSSR count). The Kier molecular flexibility index (Phi) is 7.37. The highest BCUT2D eigenvalue weighted by Gasteiger charge is 2.15. The Morgan fingerprint density at radius 1 is 1.04 bits per heavy atom. The molecule has 0 saturated heterocycles. The Morgan fingerprint density at radius 2 is 1.67 bits per heavy atom. The number of hydrogen-bond donors (Lipinski definition) is 2. The Balaban J connectivity index is 1.83. The molecule has 0 atom stereocenters. The van der Waals surface area contributed by atoms with Crippen LogP contribution in [0.5, 0.6) is 11.5 Å². The summed E-state index contributed by atoms with van der Waals surface area (Å²) in [5.41, 5.74) is 1.50. The van der Waals surface area contributed by atoms with Gasteiger partial charge < -0.3 is 20.1 Å². The lowest BCUT2D eigenvalue weighted by Gasteiger charge is -2.17. The van der Waals surface area contributed by atoms with Gasteiger partial charge in [-0.05, 0) is 37.5 Å². The highest BCUT2D eigenvalue weighted by atomic mass is 16.5. The van der Waals surface area contributed by atoms with E-state index in [1.807, 2.05) is 13.0 Å². The molecule has 0 heterocycles. The summed E-state index contributed by atoms with van der Waals surface area (Å²) >= 11 is 0. The van der Waals surface area contributed by atoms with E-state index in [0.717, 1.165) is 12.1 Å². The fourth-order valence-corrected chi connectivity index (χ4v) is 3.26. The molecule has 1 aliphatic rings. The SMILES string of the molecule is COc1cc(C)c(C(=O)NCCNC2CCCCCC2)cc1OC. The van der Waals surface area contributed by atoms with E-state index in [4.69, 9.17) is 9.47 Å². The summed E-state index contributed by atoms with van der Waals surface area (Å²) in [7, 11) is 3.17. The van der Waals surface area contributed by atoms with Crippen LogP contribution in [-0.2, 0) is 0 Å². The standard InChI is InChI=1S/C19H30N2O3/c1-14-12-17(23-2)18(24-3)13-16(14)19(22)21-11-10-20-15-8-6-4-5-7-9-15/h12-13,15,20H,4-11H2,1-3H3,(H,21,22). The number of hydrogen-bond acceptors (Lipinski definition) is 4. The van der Waals surface area contributed by atoms with Gasteiger partial charge in [0.05, 0.1) is 14.2 Å². The molecule has 0 unspecified atom stereocenters. The van der Waals surface area contributed by atoms with Crippen molar-refractivity contribution in [3.8, 4) is 11.5 Å². The van der Waals surface area contributed by atoms with E-state index in [1.165, 1.54) is 38.5 Å². The maximum atomic E-state index is 12.4. The van der Waals surface area contributed by atoms with E-state index in [1.54, 1.807) is 20.3 Å². The van der Waals surface area contributed by atoms with Crippen molar-refractivity contribution in [2.75, 3.05) is 27.3 Å². The average Bonchev–Trinajstić information content (AvgIpc) is 2.87. The van der Waals surface area contributed by atoms with E-state index < -0.39 is 0 Å². The van der Waals surface area contributed by atoms with Crippen molar-refractivity contribution in [2.24, 2.45) is 0 Å². The molecular weight excluding hydrogens is 304 g/mol. The third-order valence-corrected chi connectivity index (χ3v) is 4.67. The number of carbonyl (C=O) groups is 1. The maximum absolute atomic E-state index is 12.4. The second kappa shape index (κ2) is 9.52. The van der Waals surface area contributed by atoms with Crippen LogP contribution in [0.1, 0.15) is 54.4 Å². The molecule has 2 N–H and O–H groups in total. The van der Waals surface area contributed by atoms with E-state index >= 15 is 0 Å². The van der Waals surface area contributed by atoms with Gasteiger partial charge in [0, 0.05) is 24.7 Å². The Bertz CT molecular complexity index is 538. The summed E-state index contributed by atoms with van der Waals surface area (Å²) in [5.74, 6) is 1.14. The van der Waals surface area contributed by atoms with Crippen LogP contribution in [0.4, 0.5) is 0 Å². The van der Waals surface area contributed by atoms with Crippen LogP contribution in [0.25, 0.3) is 0 Å². The lowest BCUT2D eigenvalue weighted by Crippen LogP contribution is -2.37. The predicted molar refractivity (Wildman–Crippen MR) is 96.1 cm³/mol. The van der Waals surface area contributed by atoms with E-state index in [-0.39, 0.29) is 5.91 Å². The fourth-order valence-electron chi connectivity index (χ4n) is 3.26. The number of aryl methyl sites for hydroxylation is 1. The lowest BCUT2D eigenvalue weighted by molar-refractivity contribution is 0.0952. The van der Waals surface area contributed by atoms with Gasteiger partial charge in [-0.1, -0.05) is 25.7 Å². The molecule has 1 aromatic rings. The minimum absolute atomic E-state index is 0.0730. The quantitative estimate of drug-likeness (QED) is 0.594. The maximum Gasteiger partial charge on any atom is 0.251 e. The van der Waals surface area contributed by atoms with Crippen molar-refractivity contribution in [1.29, 1.82) is 0 Å². The van der Waals surface area contributed by atoms with E-state index in [9.17, 15) is 4.79 Å². The Morgan fingerprint density at radius 3 is 2.29 bits per heavy atom. The van der Waals surface area contributed by atoms with Crippen LogP contribution in [0.3, 0.4) is 0 Å². The molecule has 0 radical (unpaired) electrons. The number of carbonyl (C=O) groups excluding carboxylic acids is 1. The first kappa shape index (κ1) is 18.6. The van der Waals surface area contributed by atoms with Crippen molar-refractivity contribution in [3.63, 3.8) is 0 Å². The van der Waals surface area contributed by atoms with Crippen molar-refractivity contribution in [1.82, 2.24) is 10.6 Å². The Labute approximate surface area is 145 Å². The summed E-state index contributed by atoms with van der Waals surface area (Å²) in [5, 5.41) is 6.55. The topological polar surface area (TPSA) is 59.6 Å². The van der Waals surface area contributed by atoms with Gasteiger partial charge in [0.15, 0.2) is 11.5 Å². The summed E-state index contributed by atoms with van der Waals surface area (Å²) in [6.45, 7) is 3.34. The molecule has 1 fully saturated rings. The van der Waals surface area contributed by atoms with Crippen LogP contribution in [-0.4, -0.2) is 39.3 Å². The van der Waals surface area contributed by atoms with Crippen molar-refractivity contribution in [2.45, 2.75) is 51.5 Å². The first-order valence-corrected chi connectivity index (χ1v) is 8.90. The molecular formula is C19H30N2O3. The normalized spacial score (nSPS) is 15.6. The zero-order valence-corrected chi connectivity index (χ0v) is 15.1. The minimum atomic E-state index is -0.0730. The van der Waals surface area contributed by atoms with Crippen LogP contribution in [0.2, 0.25) is 0 Å². The monoisotopic (exact) mass is 334 g/mol. The molecule has 5 heteroatoms. The molecule has 1 amide bonds. The number of benzene rings is 1. The summed E-state index contributed by atoms with van der Waals surface area (Å²) in [6, 6.07) is 4.17. The van der Waals surface area contributed by atoms with Gasteiger partial charge in [0.25, 0.3) is 5.91 Å². The summed E-state index contributed by atoms with van der Waals surface area (Å²) in [6.07, 6.45) is 7.84. The molecule has 1 aliphatic carbocycles. The first-order chi connectivity index (χ1) is 11.7. The molecule has 1 aromatic carbocycles. The van der Waals surface area contributed by atoms with Gasteiger partial charge >= 0.3 is 0 Å². The average molecular weight is 334 g/mol. The highest BCUT2D eigenvalue weighted by Crippen LogP contribution is 2.30. The van der Waals surface area contributed by atoms with Gasteiger partial charge in [-0.2, -0.15) is 0 Å². The zero-order valence-electron chi connectivity index (χ0n) is 15.1. The lowest BCUT2D eigenvalue weighted by atomic mass is 10.1. The molecule has 134 valence electrons. The van der Waals surface area contributed by atoms with Crippen molar-refractivity contribution < 1.29 is 14.3 Å². The van der Waals surface area contributed by atoms with E-state index in [0.29, 0.717) is 29.6 Å². The minimum Gasteiger partial charge on any atom is -0.493 e. The second-order valence-electron chi connectivity index (χ2n) is 6.42. The molecule has 5 nitrogen and oxygen atoms in total. The van der Waals surface area contributed by atoms with Crippen molar-refractivity contribution >= 4 is 5.91 Å². The smallest absolute Gasteiger partial charge is 0.251 e. The number of methoxy groups -OCH3 is 2. The Hall–Kier alpha value is -1.75. The second-order valence-corrected chi connectivity index (χ2v) is 6.42. The van der Waals surface area contributed by atoms with Crippen LogP contribution < -0.4 is 20.1 Å². The molecule has 0 aromatic heterocycles. The van der Waals surface area contributed by atoms with E-state index in [2.05, 4.69) is 10.6 Å². The zero-order chi connectivity index (χ0) is 17.4. The number of amides is 1. The van der Waals surface area contributed by atoms with Gasteiger partial charge in [0.2, 0.25) is 0 Å². The van der Waals surface area contributed by atoms with Gasteiger partial charge in [-0.3, -0.25) is 4.79 Å². The molecule has 24 heavy (non-hydrogen) atoms. The van der Waals surface area contributed by atoms with Gasteiger partial charge in [0.1, 0.15) is 0 Å². The van der Waals surface area contributed by atoms with Crippen LogP contribution in [0, 0.1) is 6.92 Å². The number of nitrogens with one attached hydrogen (secondary N) is 2. The van der Waals surface area contributed by atoms with Crippen LogP contribution in [0.15, 0.2) is 12.1 Å². The van der Waals surface area contributed by atoms with Gasteiger partial charge in [-0.15, -0.1) is 0 Å². The molecule has 0 bridgehead atoms. The summed E-state index contributed by atoms with van der Waals surface area (Å²) < 4.78 is 10.5. The number of rotatable bonds is 7. The summed E-state index contributed by atoms with van der Waals surface area (Å²) in [4.78, 5) is 12.4. The molecule has 0 aliphatic heterocycles. The van der Waals surface area contributed by atoms with Crippen LogP contribution >= 0.6 is 0 Å². The van der Waals surface area contributed by atoms with Gasteiger partial charge in [-0.25, -0.2) is 0 Å². The molecule has 1 saturated carbocycles. The fraction of sp³-hybridized carbons (Fsp3) is 0.632. The number of ether oxygens (including phenoxy) is 2. The highest BCUT2D eigenvalue weighted by molar-refractivity contribution is 5.96. The largest absolute Gasteiger partial charge is 0.493 e. The molecule has 0 spiro atoms. The third-order valence-electron chi connectivity index (χ3n) is 4.67. The van der Waals surface area contributed by atoms with Crippen molar-refractivity contribution in [3.05, 3.63) is 23.3 Å². The first-order valence-electron chi connectivity index (χ1n) is 8.90.